The first kappa shape index (κ1) is 11.0. The molecule has 1 heterocycles. The van der Waals surface area contributed by atoms with E-state index in [1.54, 1.807) is 0 Å². The lowest BCUT2D eigenvalue weighted by atomic mass is 9.96. The lowest BCUT2D eigenvalue weighted by Gasteiger charge is -2.25. The molecule has 2 nitrogen and oxygen atoms in total. The van der Waals surface area contributed by atoms with E-state index >= 15 is 0 Å². The number of carbonyl (C=O) groups is 1. The number of ether oxygens (including phenoxy) is 1. The highest BCUT2D eigenvalue weighted by Crippen LogP contribution is 2.34. The van der Waals surface area contributed by atoms with Crippen molar-refractivity contribution in [2.24, 2.45) is 0 Å². The molecule has 1 aliphatic rings. The van der Waals surface area contributed by atoms with E-state index in [2.05, 4.69) is 0 Å². The molecule has 1 aliphatic heterocycles. The third kappa shape index (κ3) is 1.88. The number of halogens is 1. The number of ketones is 1. The van der Waals surface area contributed by atoms with Gasteiger partial charge in [-0.05, 0) is 23.8 Å². The lowest BCUT2D eigenvalue weighted by molar-refractivity contribution is 0.0849. The predicted molar refractivity (Wildman–Crippen MR) is 65.2 cm³/mol. The topological polar surface area (TPSA) is 26.3 Å². The molecule has 0 aromatic heterocycles. The predicted octanol–water partition coefficient (Wildman–Crippen LogP) is 3.53. The van der Waals surface area contributed by atoms with E-state index in [1.807, 2.05) is 30.3 Å². The van der Waals surface area contributed by atoms with Crippen LogP contribution in [0.4, 0.5) is 4.39 Å². The molecule has 3 heteroatoms. The molecule has 18 heavy (non-hydrogen) atoms. The van der Waals surface area contributed by atoms with Crippen LogP contribution in [-0.2, 0) is 0 Å². The maximum absolute atomic E-state index is 13.1. The van der Waals surface area contributed by atoms with Crippen LogP contribution in [0.15, 0.2) is 48.5 Å². The van der Waals surface area contributed by atoms with Crippen LogP contribution in [0.1, 0.15) is 28.4 Å². The molecular formula is C15H11FO2. The van der Waals surface area contributed by atoms with Crippen LogP contribution in [0.5, 0.6) is 5.75 Å². The number of benzene rings is 2. The van der Waals surface area contributed by atoms with Gasteiger partial charge >= 0.3 is 0 Å². The largest absolute Gasteiger partial charge is 0.484 e. The van der Waals surface area contributed by atoms with Crippen LogP contribution in [0.3, 0.4) is 0 Å². The summed E-state index contributed by atoms with van der Waals surface area (Å²) >= 11 is 0. The average Bonchev–Trinajstić information content (AvgIpc) is 2.40. The number of fused-ring (bicyclic) bond motifs is 1. The second kappa shape index (κ2) is 4.26. The van der Waals surface area contributed by atoms with Gasteiger partial charge in [0, 0.05) is 0 Å². The molecule has 0 saturated carbocycles. The molecule has 0 fully saturated rings. The molecule has 0 saturated heterocycles. The molecule has 3 rings (SSSR count). The van der Waals surface area contributed by atoms with Gasteiger partial charge in [-0.25, -0.2) is 4.39 Å². The molecule has 0 amide bonds. The standard InChI is InChI=1S/C15H11FO2/c16-11-6-7-14-12(8-11)13(17)9-15(18-14)10-4-2-1-3-5-10/h1-8,15H,9H2/t15-/m1/s1. The Morgan fingerprint density at radius 2 is 1.89 bits per heavy atom. The summed E-state index contributed by atoms with van der Waals surface area (Å²) in [5, 5.41) is 0. The van der Waals surface area contributed by atoms with Crippen LogP contribution < -0.4 is 4.74 Å². The SMILES string of the molecule is O=C1C[C@H](c2ccccc2)Oc2ccc(F)cc21. The van der Waals surface area contributed by atoms with Crippen LogP contribution in [-0.4, -0.2) is 5.78 Å². The Morgan fingerprint density at radius 3 is 2.67 bits per heavy atom. The third-order valence-corrected chi connectivity index (χ3v) is 3.05. The van der Waals surface area contributed by atoms with E-state index in [4.69, 9.17) is 4.74 Å². The first-order chi connectivity index (χ1) is 8.74. The van der Waals surface area contributed by atoms with Crippen molar-refractivity contribution in [2.75, 3.05) is 0 Å². The summed E-state index contributed by atoms with van der Waals surface area (Å²) in [6.45, 7) is 0. The fourth-order valence-electron chi connectivity index (χ4n) is 2.15. The van der Waals surface area contributed by atoms with Crippen molar-refractivity contribution in [2.45, 2.75) is 12.5 Å². The van der Waals surface area contributed by atoms with Gasteiger partial charge in [0.2, 0.25) is 0 Å². The van der Waals surface area contributed by atoms with E-state index in [1.165, 1.54) is 18.2 Å². The van der Waals surface area contributed by atoms with E-state index < -0.39 is 5.82 Å². The van der Waals surface area contributed by atoms with Crippen molar-refractivity contribution in [3.63, 3.8) is 0 Å². The summed E-state index contributed by atoms with van der Waals surface area (Å²) in [7, 11) is 0. The number of hydrogen-bond donors (Lipinski definition) is 0. The van der Waals surface area contributed by atoms with Gasteiger partial charge in [0.05, 0.1) is 12.0 Å². The fraction of sp³-hybridized carbons (Fsp3) is 0.133. The van der Waals surface area contributed by atoms with Gasteiger partial charge in [-0.1, -0.05) is 30.3 Å². The smallest absolute Gasteiger partial charge is 0.170 e. The molecule has 90 valence electrons. The van der Waals surface area contributed by atoms with Gasteiger partial charge in [0.1, 0.15) is 17.7 Å². The second-order valence-electron chi connectivity index (χ2n) is 4.28. The Labute approximate surface area is 104 Å². The van der Waals surface area contributed by atoms with E-state index in [-0.39, 0.29) is 18.3 Å². The van der Waals surface area contributed by atoms with Crippen molar-refractivity contribution in [3.05, 3.63) is 65.5 Å². The molecular weight excluding hydrogens is 231 g/mol. The first-order valence-electron chi connectivity index (χ1n) is 5.78. The number of carbonyl (C=O) groups excluding carboxylic acids is 1. The number of hydrogen-bond acceptors (Lipinski definition) is 2. The average molecular weight is 242 g/mol. The zero-order chi connectivity index (χ0) is 12.5. The maximum atomic E-state index is 13.1. The zero-order valence-electron chi connectivity index (χ0n) is 9.60. The van der Waals surface area contributed by atoms with Gasteiger partial charge in [0.15, 0.2) is 5.78 Å². The Bertz CT molecular complexity index is 593. The summed E-state index contributed by atoms with van der Waals surface area (Å²) in [5.41, 5.74) is 1.29. The van der Waals surface area contributed by atoms with Crippen LogP contribution in [0.25, 0.3) is 0 Å². The third-order valence-electron chi connectivity index (χ3n) is 3.05. The quantitative estimate of drug-likeness (QED) is 0.764. The number of Topliss-reactive ketones (excluding diaryl/α,β-unsaturated/α-hetero) is 1. The summed E-state index contributed by atoms with van der Waals surface area (Å²) in [5.74, 6) is -0.0324. The highest BCUT2D eigenvalue weighted by molar-refractivity contribution is 6.00. The van der Waals surface area contributed by atoms with E-state index in [0.29, 0.717) is 11.3 Å². The second-order valence-corrected chi connectivity index (χ2v) is 4.28. The van der Waals surface area contributed by atoms with Crippen molar-refractivity contribution >= 4 is 5.78 Å². The monoisotopic (exact) mass is 242 g/mol. The minimum atomic E-state index is -0.413. The van der Waals surface area contributed by atoms with Gasteiger partial charge in [-0.3, -0.25) is 4.79 Å². The molecule has 0 unspecified atom stereocenters. The molecule has 0 bridgehead atoms. The molecule has 2 aromatic carbocycles. The van der Waals surface area contributed by atoms with Gasteiger partial charge in [-0.2, -0.15) is 0 Å². The Balaban J connectivity index is 1.97. The molecule has 0 N–H and O–H groups in total. The van der Waals surface area contributed by atoms with Crippen molar-refractivity contribution in [3.8, 4) is 5.75 Å². The van der Waals surface area contributed by atoms with Crippen LogP contribution in [0.2, 0.25) is 0 Å². The van der Waals surface area contributed by atoms with Crippen LogP contribution in [0, 0.1) is 5.82 Å². The molecule has 0 spiro atoms. The Morgan fingerprint density at radius 1 is 1.11 bits per heavy atom. The molecule has 1 atom stereocenters. The highest BCUT2D eigenvalue weighted by Gasteiger charge is 2.27. The number of rotatable bonds is 1. The van der Waals surface area contributed by atoms with Crippen LogP contribution >= 0.6 is 0 Å². The Hall–Kier alpha value is -2.16. The van der Waals surface area contributed by atoms with Crippen molar-refractivity contribution in [1.82, 2.24) is 0 Å². The fourth-order valence-corrected chi connectivity index (χ4v) is 2.15. The van der Waals surface area contributed by atoms with Gasteiger partial charge in [0.25, 0.3) is 0 Å². The lowest BCUT2D eigenvalue weighted by Crippen LogP contribution is -2.20. The Kier molecular flexibility index (Phi) is 2.59. The molecule has 0 aliphatic carbocycles. The maximum Gasteiger partial charge on any atom is 0.170 e. The summed E-state index contributed by atoms with van der Waals surface area (Å²) in [6.07, 6.45) is -0.0304. The van der Waals surface area contributed by atoms with E-state index in [0.717, 1.165) is 5.56 Å². The van der Waals surface area contributed by atoms with Gasteiger partial charge < -0.3 is 4.74 Å². The van der Waals surface area contributed by atoms with Crippen molar-refractivity contribution in [1.29, 1.82) is 0 Å². The minimum Gasteiger partial charge on any atom is -0.484 e. The zero-order valence-corrected chi connectivity index (χ0v) is 9.60. The summed E-state index contributed by atoms with van der Waals surface area (Å²) in [6, 6.07) is 13.6. The van der Waals surface area contributed by atoms with E-state index in [9.17, 15) is 9.18 Å². The molecule has 2 aromatic rings. The summed E-state index contributed by atoms with van der Waals surface area (Å²) in [4.78, 5) is 12.0. The van der Waals surface area contributed by atoms with Crippen molar-refractivity contribution < 1.29 is 13.9 Å². The van der Waals surface area contributed by atoms with Gasteiger partial charge in [-0.15, -0.1) is 0 Å². The normalized spacial score (nSPS) is 18.1. The first-order valence-corrected chi connectivity index (χ1v) is 5.78. The molecule has 0 radical (unpaired) electrons. The minimum absolute atomic E-state index is 0.0791. The summed E-state index contributed by atoms with van der Waals surface area (Å²) < 4.78 is 18.8. The highest BCUT2D eigenvalue weighted by atomic mass is 19.1.